The zero-order chi connectivity index (χ0) is 35.8. The Morgan fingerprint density at radius 3 is 1.11 bits per heavy atom. The smallest absolute Gasteiger partial charge is 0.205 e. The van der Waals surface area contributed by atoms with E-state index < -0.39 is 0 Å². The summed E-state index contributed by atoms with van der Waals surface area (Å²) in [4.78, 5) is 4.74. The van der Waals surface area contributed by atoms with Crippen molar-refractivity contribution in [1.29, 1.82) is 0 Å². The zero-order valence-electron chi connectivity index (χ0n) is 33.5. The molecule has 53 heavy (non-hydrogen) atoms. The molecule has 2 heterocycles. The molecule has 0 spiro atoms. The third-order valence-corrected chi connectivity index (χ3v) is 9.39. The Morgan fingerprint density at radius 1 is 0.434 bits per heavy atom. The van der Waals surface area contributed by atoms with Crippen LogP contribution in [0.15, 0.2) is 97.3 Å². The van der Waals surface area contributed by atoms with Crippen LogP contribution in [-0.2, 0) is 13.1 Å². The molecular formula is C46H68Br2N4O. The average molecular weight is 853 g/mol. The van der Waals surface area contributed by atoms with E-state index in [9.17, 15) is 0 Å². The van der Waals surface area contributed by atoms with Crippen LogP contribution in [0.5, 0.6) is 0 Å². The number of halogens is 2. The molecule has 0 bridgehead atoms. The highest BCUT2D eigenvalue weighted by Crippen LogP contribution is 2.17. The van der Waals surface area contributed by atoms with Crippen LogP contribution in [0.3, 0.4) is 0 Å². The fraction of sp³-hybridized carbons (Fsp3) is 0.435. The van der Waals surface area contributed by atoms with E-state index in [0.29, 0.717) is 0 Å². The summed E-state index contributed by atoms with van der Waals surface area (Å²) < 4.78 is 4.72. The maximum Gasteiger partial charge on any atom is 0.205 e. The van der Waals surface area contributed by atoms with E-state index in [4.69, 9.17) is 0 Å². The van der Waals surface area contributed by atoms with Gasteiger partial charge in [-0.15, -0.1) is 0 Å². The van der Waals surface area contributed by atoms with Gasteiger partial charge >= 0.3 is 0 Å². The van der Waals surface area contributed by atoms with Gasteiger partial charge in [0, 0.05) is 86.8 Å². The quantitative estimate of drug-likeness (QED) is 0.0984. The fourth-order valence-corrected chi connectivity index (χ4v) is 6.24. The maximum atomic E-state index is 2.37. The van der Waals surface area contributed by atoms with E-state index in [1.54, 1.807) is 0 Å². The van der Waals surface area contributed by atoms with Gasteiger partial charge in [0.1, 0.15) is 13.1 Å². The largest absolute Gasteiger partial charge is 1.00 e. The molecule has 2 N–H and O–H groups in total. The molecule has 0 atom stereocenters. The van der Waals surface area contributed by atoms with Gasteiger partial charge < -0.3 is 49.2 Å². The molecule has 2 aromatic heterocycles. The summed E-state index contributed by atoms with van der Waals surface area (Å²) in [6, 6.07) is 30.6. The predicted octanol–water partition coefficient (Wildman–Crippen LogP) is 4.33. The lowest BCUT2D eigenvalue weighted by Crippen LogP contribution is -3.00. The van der Waals surface area contributed by atoms with Crippen molar-refractivity contribution < 1.29 is 48.6 Å². The second kappa shape index (κ2) is 30.1. The van der Waals surface area contributed by atoms with Gasteiger partial charge in [-0.3, -0.25) is 0 Å². The molecule has 5 nitrogen and oxygen atoms in total. The van der Waals surface area contributed by atoms with Crippen molar-refractivity contribution in [2.45, 2.75) is 106 Å². The van der Waals surface area contributed by atoms with Crippen LogP contribution in [-0.4, -0.2) is 31.7 Å². The first-order valence-corrected chi connectivity index (χ1v) is 19.6. The highest BCUT2D eigenvalue weighted by atomic mass is 79.9. The molecule has 0 aliphatic heterocycles. The van der Waals surface area contributed by atoms with E-state index in [0.717, 1.165) is 39.3 Å². The molecule has 0 fully saturated rings. The van der Waals surface area contributed by atoms with E-state index in [1.807, 2.05) is 0 Å². The first-order valence-electron chi connectivity index (χ1n) is 19.6. The van der Waals surface area contributed by atoms with Gasteiger partial charge in [-0.2, -0.15) is 9.13 Å². The van der Waals surface area contributed by atoms with Gasteiger partial charge in [-0.25, -0.2) is 0 Å². The standard InChI is InChI=1S/2C23H33N2.2BrH.H2O/c2*1-4-7-8-10-19-25-20-11-9-12-22(25)16-13-21-14-17-23(18-15-21)24(5-2)6-3;;;/h2*9,11-18,20H,4-8,10,19H2,1-3H3;2*1H;1H2/q2*+1;;;/p-2. The number of aryl methyl sites for hydroxylation is 2. The fourth-order valence-electron chi connectivity index (χ4n) is 6.24. The molecule has 7 heteroatoms. The van der Waals surface area contributed by atoms with Gasteiger partial charge in [0.25, 0.3) is 0 Å². The number of nitrogens with zero attached hydrogens (tertiary/aromatic N) is 4. The summed E-state index contributed by atoms with van der Waals surface area (Å²) in [5.74, 6) is 0. The summed E-state index contributed by atoms with van der Waals surface area (Å²) >= 11 is 0. The van der Waals surface area contributed by atoms with Crippen LogP contribution in [0, 0.1) is 0 Å². The van der Waals surface area contributed by atoms with Crippen LogP contribution < -0.4 is 52.9 Å². The van der Waals surface area contributed by atoms with Gasteiger partial charge in [-0.05, 0) is 100 Å². The molecule has 2 aromatic carbocycles. The molecule has 0 aliphatic carbocycles. The summed E-state index contributed by atoms with van der Waals surface area (Å²) in [6.45, 7) is 19.7. The molecule has 0 saturated carbocycles. The molecule has 0 radical (unpaired) electrons. The summed E-state index contributed by atoms with van der Waals surface area (Å²) in [6.07, 6.45) is 23.6. The van der Waals surface area contributed by atoms with Crippen LogP contribution in [0.4, 0.5) is 11.4 Å². The monoisotopic (exact) mass is 850 g/mol. The van der Waals surface area contributed by atoms with Crippen molar-refractivity contribution in [3.8, 4) is 0 Å². The number of rotatable bonds is 20. The Hall–Kier alpha value is -3.26. The molecule has 4 aromatic rings. The highest BCUT2D eigenvalue weighted by Gasteiger charge is 2.08. The molecule has 292 valence electrons. The number of benzene rings is 2. The number of pyridine rings is 2. The molecule has 0 aliphatic rings. The lowest BCUT2D eigenvalue weighted by Gasteiger charge is -2.20. The molecule has 0 saturated heterocycles. The minimum absolute atomic E-state index is 0. The third kappa shape index (κ3) is 18.1. The summed E-state index contributed by atoms with van der Waals surface area (Å²) in [5, 5.41) is 0. The minimum Gasteiger partial charge on any atom is -1.00 e. The number of anilines is 2. The van der Waals surface area contributed by atoms with Crippen LogP contribution >= 0.6 is 0 Å². The van der Waals surface area contributed by atoms with Gasteiger partial charge in [0.15, 0.2) is 12.4 Å². The third-order valence-electron chi connectivity index (χ3n) is 9.39. The maximum absolute atomic E-state index is 2.37. The van der Waals surface area contributed by atoms with Crippen LogP contribution in [0.2, 0.25) is 0 Å². The molecular weight excluding hydrogens is 784 g/mol. The highest BCUT2D eigenvalue weighted by molar-refractivity contribution is 5.69. The number of hydrogen-bond donors (Lipinski definition) is 0. The molecule has 0 amide bonds. The second-order valence-electron chi connectivity index (χ2n) is 13.0. The number of aromatic nitrogens is 2. The van der Waals surface area contributed by atoms with Crippen molar-refractivity contribution in [1.82, 2.24) is 0 Å². The second-order valence-corrected chi connectivity index (χ2v) is 13.0. The first-order chi connectivity index (χ1) is 24.6. The van der Waals surface area contributed by atoms with Gasteiger partial charge in [-0.1, -0.05) is 63.8 Å². The van der Waals surface area contributed by atoms with Crippen molar-refractivity contribution in [3.63, 3.8) is 0 Å². The van der Waals surface area contributed by atoms with Crippen LogP contribution in [0.1, 0.15) is 115 Å². The Bertz CT molecular complexity index is 1420. The SMILES string of the molecule is CCCCCC[n+]1ccccc1C=Cc1ccc(N(CC)CC)cc1.CCCCCC[n+]1ccccc1C=Cc1ccc(N(CC)CC)cc1.O.[Br-].[Br-]. The summed E-state index contributed by atoms with van der Waals surface area (Å²) in [5.41, 5.74) is 7.63. The zero-order valence-corrected chi connectivity index (χ0v) is 36.7. The normalized spacial score (nSPS) is 10.5. The van der Waals surface area contributed by atoms with Crippen LogP contribution in [0.25, 0.3) is 24.3 Å². The van der Waals surface area contributed by atoms with Crippen molar-refractivity contribution in [2.24, 2.45) is 0 Å². The van der Waals surface area contributed by atoms with Gasteiger partial charge in [0.2, 0.25) is 11.4 Å². The Labute approximate surface area is 344 Å². The first kappa shape index (κ1) is 49.7. The van der Waals surface area contributed by atoms with Gasteiger partial charge in [0.05, 0.1) is 0 Å². The van der Waals surface area contributed by atoms with Crippen molar-refractivity contribution >= 4 is 35.7 Å². The van der Waals surface area contributed by atoms with E-state index in [-0.39, 0.29) is 39.4 Å². The topological polar surface area (TPSA) is 45.7 Å². The average Bonchev–Trinajstić information content (AvgIpc) is 3.16. The minimum atomic E-state index is 0. The van der Waals surface area contributed by atoms with Crippen molar-refractivity contribution in [3.05, 3.63) is 120 Å². The van der Waals surface area contributed by atoms with E-state index >= 15 is 0 Å². The van der Waals surface area contributed by atoms with Crippen molar-refractivity contribution in [2.75, 3.05) is 36.0 Å². The Balaban J connectivity index is 0.000000966. The lowest BCUT2D eigenvalue weighted by molar-refractivity contribution is -0.699. The Morgan fingerprint density at radius 2 is 0.792 bits per heavy atom. The van der Waals surface area contributed by atoms with E-state index in [1.165, 1.54) is 85.3 Å². The molecule has 4 rings (SSSR count). The number of unbranched alkanes of at least 4 members (excludes halogenated alkanes) is 6. The lowest BCUT2D eigenvalue weighted by atomic mass is 10.1. The van der Waals surface area contributed by atoms with E-state index in [2.05, 4.69) is 182 Å². The molecule has 0 unspecified atom stereocenters. The number of hydrogen-bond acceptors (Lipinski definition) is 2. The summed E-state index contributed by atoms with van der Waals surface area (Å²) in [7, 11) is 0. The predicted molar refractivity (Wildman–Crippen MR) is 223 cm³/mol. The Kier molecular flexibility index (Phi) is 28.3.